The van der Waals surface area contributed by atoms with Gasteiger partial charge in [0.25, 0.3) is 5.95 Å². The van der Waals surface area contributed by atoms with Gasteiger partial charge in [0.05, 0.1) is 5.92 Å². The Kier molecular flexibility index (Phi) is 2.88. The topological polar surface area (TPSA) is 77.0 Å². The third-order valence-corrected chi connectivity index (χ3v) is 1.87. The van der Waals surface area contributed by atoms with Gasteiger partial charge in [-0.1, -0.05) is 0 Å². The largest absolute Gasteiger partial charge is 0.365 e. The number of halogens is 1. The van der Waals surface area contributed by atoms with E-state index in [0.717, 1.165) is 19.5 Å². The number of nitrogens with one attached hydrogen (secondary N) is 1. The maximum atomic E-state index is 5.31. The molecule has 2 heterocycles. The first-order valence-electron chi connectivity index (χ1n) is 3.66. The second-order valence-corrected chi connectivity index (χ2v) is 2.68. The summed E-state index contributed by atoms with van der Waals surface area (Å²) in [5, 5.41) is 6.74. The quantitative estimate of drug-likeness (QED) is 0.659. The number of hydrogen-bond donors (Lipinski definition) is 2. The fourth-order valence-electron chi connectivity index (χ4n) is 1.28. The molecule has 0 radical (unpaired) electrons. The van der Waals surface area contributed by atoms with E-state index in [-0.39, 0.29) is 18.4 Å². The lowest BCUT2D eigenvalue weighted by Gasteiger charge is -1.97. The molecule has 1 saturated heterocycles. The van der Waals surface area contributed by atoms with E-state index in [1.165, 1.54) is 0 Å². The van der Waals surface area contributed by atoms with Crippen molar-refractivity contribution in [2.75, 3.05) is 18.8 Å². The molecule has 0 bridgehead atoms. The molecule has 0 amide bonds. The maximum Gasteiger partial charge on any atom is 0.260 e. The van der Waals surface area contributed by atoms with Crippen molar-refractivity contribution in [3.05, 3.63) is 5.89 Å². The van der Waals surface area contributed by atoms with Crippen LogP contribution in [0.4, 0.5) is 5.95 Å². The van der Waals surface area contributed by atoms with Crippen LogP contribution in [0.5, 0.6) is 0 Å². The number of hydrogen-bond acceptors (Lipinski definition) is 5. The Labute approximate surface area is 76.1 Å². The highest BCUT2D eigenvalue weighted by Gasteiger charge is 2.21. The summed E-state index contributed by atoms with van der Waals surface area (Å²) in [6, 6.07) is 0. The average molecular weight is 191 g/mol. The van der Waals surface area contributed by atoms with Crippen molar-refractivity contribution in [1.29, 1.82) is 0 Å². The summed E-state index contributed by atoms with van der Waals surface area (Å²) in [4.78, 5) is 3.95. The van der Waals surface area contributed by atoms with Crippen LogP contribution in [0.1, 0.15) is 18.2 Å². The lowest BCUT2D eigenvalue weighted by atomic mass is 10.1. The van der Waals surface area contributed by atoms with Crippen LogP contribution in [-0.4, -0.2) is 23.2 Å². The molecule has 0 spiro atoms. The Morgan fingerprint density at radius 3 is 2.92 bits per heavy atom. The first-order chi connectivity index (χ1) is 5.36. The number of rotatable bonds is 1. The molecule has 1 fully saturated rings. The van der Waals surface area contributed by atoms with Gasteiger partial charge in [-0.15, -0.1) is 12.4 Å². The standard InChI is InChI=1S/C6H10N4O.ClH/c7-6-9-5(11-10-6)4-1-2-8-3-4;/h4,8H,1-3H2,(H2,7,10);1H. The minimum atomic E-state index is 0. The number of nitrogens with zero attached hydrogens (tertiary/aromatic N) is 2. The molecule has 68 valence electrons. The maximum absolute atomic E-state index is 5.31. The molecule has 12 heavy (non-hydrogen) atoms. The molecule has 1 aromatic rings. The Hall–Kier alpha value is -0.810. The highest BCUT2D eigenvalue weighted by Crippen LogP contribution is 2.20. The summed E-state index contributed by atoms with van der Waals surface area (Å²) in [5.74, 6) is 1.25. The third-order valence-electron chi connectivity index (χ3n) is 1.87. The van der Waals surface area contributed by atoms with Gasteiger partial charge in [0.1, 0.15) is 0 Å². The second kappa shape index (κ2) is 3.73. The second-order valence-electron chi connectivity index (χ2n) is 2.68. The first-order valence-corrected chi connectivity index (χ1v) is 3.66. The molecule has 1 aliphatic rings. The number of nitrogens with two attached hydrogens (primary N) is 1. The fourth-order valence-corrected chi connectivity index (χ4v) is 1.28. The summed E-state index contributed by atoms with van der Waals surface area (Å²) in [6.07, 6.45) is 1.06. The van der Waals surface area contributed by atoms with Crippen LogP contribution >= 0.6 is 12.4 Å². The minimum Gasteiger partial charge on any atom is -0.365 e. The van der Waals surface area contributed by atoms with Crippen LogP contribution in [0.25, 0.3) is 0 Å². The molecule has 6 heteroatoms. The molecule has 1 aromatic heterocycles. The van der Waals surface area contributed by atoms with Crippen LogP contribution in [0, 0.1) is 0 Å². The van der Waals surface area contributed by atoms with Gasteiger partial charge in [-0.25, -0.2) is 0 Å². The molecule has 3 N–H and O–H groups in total. The van der Waals surface area contributed by atoms with E-state index in [4.69, 9.17) is 10.3 Å². The molecule has 1 unspecified atom stereocenters. The molecule has 0 saturated carbocycles. The van der Waals surface area contributed by atoms with Crippen molar-refractivity contribution in [2.24, 2.45) is 0 Å². The molecule has 0 aliphatic carbocycles. The van der Waals surface area contributed by atoms with Crippen molar-refractivity contribution in [2.45, 2.75) is 12.3 Å². The Balaban J connectivity index is 0.000000720. The number of aromatic nitrogens is 2. The van der Waals surface area contributed by atoms with E-state index in [1.54, 1.807) is 0 Å². The third kappa shape index (κ3) is 1.67. The zero-order valence-corrected chi connectivity index (χ0v) is 7.30. The van der Waals surface area contributed by atoms with E-state index in [1.807, 2.05) is 0 Å². The minimum absolute atomic E-state index is 0. The van der Waals surface area contributed by atoms with E-state index in [0.29, 0.717) is 11.8 Å². The van der Waals surface area contributed by atoms with E-state index in [9.17, 15) is 0 Å². The van der Waals surface area contributed by atoms with Crippen molar-refractivity contribution >= 4 is 18.4 Å². The number of nitrogen functional groups attached to an aromatic ring is 1. The Morgan fingerprint density at radius 1 is 1.58 bits per heavy atom. The summed E-state index contributed by atoms with van der Waals surface area (Å²) < 4.78 is 4.92. The first kappa shape index (κ1) is 9.28. The summed E-state index contributed by atoms with van der Waals surface area (Å²) in [7, 11) is 0. The molecule has 2 rings (SSSR count). The van der Waals surface area contributed by atoms with Gasteiger partial charge in [-0.3, -0.25) is 0 Å². The summed E-state index contributed by atoms with van der Waals surface area (Å²) >= 11 is 0. The van der Waals surface area contributed by atoms with Gasteiger partial charge in [0.2, 0.25) is 5.89 Å². The average Bonchev–Trinajstić information content (AvgIpc) is 2.55. The van der Waals surface area contributed by atoms with Gasteiger partial charge in [-0.2, -0.15) is 4.98 Å². The summed E-state index contributed by atoms with van der Waals surface area (Å²) in [5.41, 5.74) is 5.31. The Morgan fingerprint density at radius 2 is 2.42 bits per heavy atom. The van der Waals surface area contributed by atoms with Crippen molar-refractivity contribution in [3.8, 4) is 0 Å². The van der Waals surface area contributed by atoms with Crippen LogP contribution in [0.2, 0.25) is 0 Å². The SMILES string of the molecule is Cl.Nc1noc(C2CCNC2)n1. The molecule has 5 nitrogen and oxygen atoms in total. The van der Waals surface area contributed by atoms with Gasteiger partial charge in [0, 0.05) is 6.54 Å². The smallest absolute Gasteiger partial charge is 0.260 e. The van der Waals surface area contributed by atoms with Crippen LogP contribution in [0.15, 0.2) is 4.52 Å². The Bertz CT molecular complexity index is 245. The molecule has 0 aromatic carbocycles. The molecular weight excluding hydrogens is 180 g/mol. The predicted octanol–water partition coefficient (Wildman–Crippen LogP) is 0.150. The van der Waals surface area contributed by atoms with E-state index < -0.39 is 0 Å². The van der Waals surface area contributed by atoms with Crippen LogP contribution in [-0.2, 0) is 0 Å². The van der Waals surface area contributed by atoms with E-state index in [2.05, 4.69) is 15.5 Å². The van der Waals surface area contributed by atoms with Crippen LogP contribution < -0.4 is 11.1 Å². The zero-order valence-electron chi connectivity index (χ0n) is 6.49. The monoisotopic (exact) mass is 190 g/mol. The normalized spacial score (nSPS) is 22.2. The van der Waals surface area contributed by atoms with Gasteiger partial charge < -0.3 is 15.6 Å². The van der Waals surface area contributed by atoms with E-state index >= 15 is 0 Å². The highest BCUT2D eigenvalue weighted by molar-refractivity contribution is 5.85. The van der Waals surface area contributed by atoms with Crippen molar-refractivity contribution in [1.82, 2.24) is 15.5 Å². The van der Waals surface area contributed by atoms with Gasteiger partial charge in [0.15, 0.2) is 0 Å². The predicted molar refractivity (Wildman–Crippen MR) is 46.2 cm³/mol. The number of anilines is 1. The lowest BCUT2D eigenvalue weighted by molar-refractivity contribution is 0.359. The molecule has 1 atom stereocenters. The van der Waals surface area contributed by atoms with Crippen molar-refractivity contribution in [3.63, 3.8) is 0 Å². The lowest BCUT2D eigenvalue weighted by Crippen LogP contribution is -2.08. The molecular formula is C6H11ClN4O. The van der Waals surface area contributed by atoms with Crippen molar-refractivity contribution < 1.29 is 4.52 Å². The summed E-state index contributed by atoms with van der Waals surface area (Å²) in [6.45, 7) is 1.94. The van der Waals surface area contributed by atoms with Gasteiger partial charge in [-0.05, 0) is 18.1 Å². The van der Waals surface area contributed by atoms with Crippen LogP contribution in [0.3, 0.4) is 0 Å². The fraction of sp³-hybridized carbons (Fsp3) is 0.667. The zero-order chi connectivity index (χ0) is 7.68. The molecule has 1 aliphatic heterocycles. The highest BCUT2D eigenvalue weighted by atomic mass is 35.5. The van der Waals surface area contributed by atoms with Gasteiger partial charge >= 0.3 is 0 Å².